The number of pyridine rings is 1. The van der Waals surface area contributed by atoms with Crippen molar-refractivity contribution < 1.29 is 26.0 Å². The van der Waals surface area contributed by atoms with E-state index in [0.717, 1.165) is 24.3 Å². The van der Waals surface area contributed by atoms with Crippen LogP contribution >= 0.6 is 0 Å². The quantitative estimate of drug-likeness (QED) is 0.641. The van der Waals surface area contributed by atoms with Gasteiger partial charge in [-0.2, -0.15) is 17.6 Å². The average molecular weight is 386 g/mol. The molecular weight excluding hydrogens is 372 g/mol. The lowest BCUT2D eigenvalue weighted by molar-refractivity contribution is -0.140. The number of halogens is 4. The smallest absolute Gasteiger partial charge is 0.227 e. The highest BCUT2D eigenvalue weighted by atomic mass is 32.2. The molecule has 1 aromatic carbocycles. The van der Waals surface area contributed by atoms with E-state index in [9.17, 15) is 26.0 Å². The zero-order valence-corrected chi connectivity index (χ0v) is 14.2. The topological polar surface area (TPSA) is 73.1 Å². The number of primary sulfonamides is 1. The van der Waals surface area contributed by atoms with Gasteiger partial charge in [-0.3, -0.25) is 0 Å². The highest BCUT2D eigenvalue weighted by Gasteiger charge is 2.35. The number of alkyl halides is 3. The molecule has 0 spiro atoms. The summed E-state index contributed by atoms with van der Waals surface area (Å²) in [6, 6.07) is 6.57. The monoisotopic (exact) mass is 386 g/mol. The highest BCUT2D eigenvalue weighted by molar-refractivity contribution is 7.89. The van der Waals surface area contributed by atoms with Gasteiger partial charge in [-0.05, 0) is 59.7 Å². The van der Waals surface area contributed by atoms with E-state index in [0.29, 0.717) is 24.0 Å². The van der Waals surface area contributed by atoms with Crippen molar-refractivity contribution in [1.82, 2.24) is 4.98 Å². The summed E-state index contributed by atoms with van der Waals surface area (Å²) in [5.74, 6) is -1.56. The van der Waals surface area contributed by atoms with E-state index < -0.39 is 27.7 Å². The molecule has 1 heterocycles. The van der Waals surface area contributed by atoms with Gasteiger partial charge in [-0.25, -0.2) is 18.5 Å². The number of allylic oxidation sites excluding steroid dienone is 2. The Morgan fingerprint density at radius 3 is 2.12 bits per heavy atom. The van der Waals surface area contributed by atoms with E-state index in [2.05, 4.69) is 4.98 Å². The van der Waals surface area contributed by atoms with Crippen LogP contribution in [0.15, 0.2) is 41.4 Å². The van der Waals surface area contributed by atoms with Gasteiger partial charge < -0.3 is 0 Å². The van der Waals surface area contributed by atoms with Crippen molar-refractivity contribution in [3.63, 3.8) is 0 Å². The van der Waals surface area contributed by atoms with Crippen molar-refractivity contribution in [2.75, 3.05) is 0 Å². The first kappa shape index (κ1) is 18.5. The van der Waals surface area contributed by atoms with Crippen molar-refractivity contribution in [1.29, 1.82) is 0 Å². The van der Waals surface area contributed by atoms with Crippen LogP contribution in [-0.2, 0) is 16.2 Å². The summed E-state index contributed by atoms with van der Waals surface area (Å²) in [5.41, 5.74) is 0.918. The molecule has 0 aliphatic heterocycles. The average Bonchev–Trinajstić information content (AvgIpc) is 3.03. The fourth-order valence-corrected chi connectivity index (χ4v) is 3.55. The summed E-state index contributed by atoms with van der Waals surface area (Å²) in [6.45, 7) is 0. The molecule has 0 bridgehead atoms. The van der Waals surface area contributed by atoms with Gasteiger partial charge in [-0.15, -0.1) is 0 Å². The lowest BCUT2D eigenvalue weighted by atomic mass is 9.97. The Bertz CT molecular complexity index is 981. The van der Waals surface area contributed by atoms with Crippen molar-refractivity contribution >= 4 is 21.2 Å². The first-order chi connectivity index (χ1) is 12.1. The van der Waals surface area contributed by atoms with Gasteiger partial charge >= 0.3 is 6.18 Å². The van der Waals surface area contributed by atoms with E-state index in [1.807, 2.05) is 0 Å². The van der Waals surface area contributed by atoms with E-state index in [4.69, 9.17) is 5.14 Å². The summed E-state index contributed by atoms with van der Waals surface area (Å²) < 4.78 is 74.9. The fraction of sp³-hybridized carbons (Fsp3) is 0.235. The van der Waals surface area contributed by atoms with Gasteiger partial charge in [0.15, 0.2) is 0 Å². The maximum absolute atomic E-state index is 13.4. The Morgan fingerprint density at radius 1 is 1.00 bits per heavy atom. The normalized spacial score (nSPS) is 15.6. The minimum Gasteiger partial charge on any atom is -0.227 e. The minimum atomic E-state index is -4.83. The number of rotatable bonds is 3. The van der Waals surface area contributed by atoms with Gasteiger partial charge in [0.1, 0.15) is 5.56 Å². The Labute approximate surface area is 147 Å². The molecule has 3 rings (SSSR count). The molecule has 4 nitrogen and oxygen atoms in total. The Hall–Kier alpha value is -2.26. The molecule has 9 heteroatoms. The summed E-state index contributed by atoms with van der Waals surface area (Å²) in [5, 5.41) is 5.06. The highest BCUT2D eigenvalue weighted by Crippen LogP contribution is 2.41. The van der Waals surface area contributed by atoms with E-state index >= 15 is 0 Å². The second-order valence-electron chi connectivity index (χ2n) is 5.94. The van der Waals surface area contributed by atoms with Gasteiger partial charge in [0.05, 0.1) is 4.90 Å². The molecule has 2 aromatic rings. The maximum atomic E-state index is 13.4. The SMILES string of the molecule is NS(=O)(=O)c1ccc(C2=C(c3cnc(F)c(C(F)(F)F)c3)CCC2)cc1. The Morgan fingerprint density at radius 2 is 1.58 bits per heavy atom. The zero-order valence-electron chi connectivity index (χ0n) is 13.3. The first-order valence-corrected chi connectivity index (χ1v) is 9.20. The third kappa shape index (κ3) is 3.63. The molecule has 0 saturated heterocycles. The third-order valence-corrected chi connectivity index (χ3v) is 5.17. The predicted octanol–water partition coefficient (Wildman–Crippen LogP) is 3.98. The summed E-state index contributed by atoms with van der Waals surface area (Å²) in [6.07, 6.45) is -1.88. The summed E-state index contributed by atoms with van der Waals surface area (Å²) in [4.78, 5) is 3.20. The lowest BCUT2D eigenvalue weighted by Crippen LogP contribution is -2.11. The van der Waals surface area contributed by atoms with Crippen LogP contribution in [0.4, 0.5) is 17.6 Å². The van der Waals surface area contributed by atoms with Crippen LogP contribution in [0.5, 0.6) is 0 Å². The fourth-order valence-electron chi connectivity index (χ4n) is 3.04. The van der Waals surface area contributed by atoms with Crippen molar-refractivity contribution in [2.24, 2.45) is 5.14 Å². The van der Waals surface area contributed by atoms with Crippen LogP contribution in [0.2, 0.25) is 0 Å². The molecule has 1 aliphatic rings. The van der Waals surface area contributed by atoms with Crippen molar-refractivity contribution in [2.45, 2.75) is 30.3 Å². The molecule has 0 radical (unpaired) electrons. The molecule has 0 fully saturated rings. The van der Waals surface area contributed by atoms with Crippen LogP contribution in [0.3, 0.4) is 0 Å². The number of benzene rings is 1. The number of nitrogens with zero attached hydrogens (tertiary/aromatic N) is 1. The molecule has 1 aliphatic carbocycles. The van der Waals surface area contributed by atoms with Gasteiger partial charge in [0.25, 0.3) is 0 Å². The lowest BCUT2D eigenvalue weighted by Gasteiger charge is -2.12. The van der Waals surface area contributed by atoms with Crippen molar-refractivity contribution in [3.05, 3.63) is 59.2 Å². The zero-order chi connectivity index (χ0) is 19.1. The molecule has 1 aromatic heterocycles. The van der Waals surface area contributed by atoms with Gasteiger partial charge in [-0.1, -0.05) is 12.1 Å². The van der Waals surface area contributed by atoms with Crippen LogP contribution in [0, 0.1) is 5.95 Å². The first-order valence-electron chi connectivity index (χ1n) is 7.66. The van der Waals surface area contributed by atoms with E-state index in [1.54, 1.807) is 12.1 Å². The predicted molar refractivity (Wildman–Crippen MR) is 87.7 cm³/mol. The number of nitrogens with two attached hydrogens (primary N) is 1. The Kier molecular flexibility index (Phi) is 4.61. The van der Waals surface area contributed by atoms with Gasteiger partial charge in [0, 0.05) is 6.20 Å². The summed E-state index contributed by atoms with van der Waals surface area (Å²) in [7, 11) is -3.83. The minimum absolute atomic E-state index is 0.0517. The standard InChI is InChI=1S/C17H14F4N2O2S/c18-16-15(17(19,20)21)8-11(9-23-16)14-3-1-2-13(14)10-4-6-12(7-5-10)26(22,24)25/h4-9H,1-3H2,(H2,22,24,25). The largest absolute Gasteiger partial charge is 0.420 e. The third-order valence-electron chi connectivity index (χ3n) is 4.24. The molecular formula is C17H14F4N2O2S. The molecule has 138 valence electrons. The van der Waals surface area contributed by atoms with Gasteiger partial charge in [0.2, 0.25) is 16.0 Å². The molecule has 0 saturated carbocycles. The second-order valence-corrected chi connectivity index (χ2v) is 7.50. The number of aromatic nitrogens is 1. The molecule has 26 heavy (non-hydrogen) atoms. The van der Waals surface area contributed by atoms with Crippen LogP contribution < -0.4 is 5.14 Å². The molecule has 2 N–H and O–H groups in total. The number of hydrogen-bond acceptors (Lipinski definition) is 3. The van der Waals surface area contributed by atoms with Crippen LogP contribution in [0.25, 0.3) is 11.1 Å². The molecule has 0 atom stereocenters. The van der Waals surface area contributed by atoms with E-state index in [1.165, 1.54) is 12.1 Å². The summed E-state index contributed by atoms with van der Waals surface area (Å²) >= 11 is 0. The second kappa shape index (κ2) is 6.48. The molecule has 0 unspecified atom stereocenters. The molecule has 0 amide bonds. The Balaban J connectivity index is 2.07. The van der Waals surface area contributed by atoms with E-state index in [-0.39, 0.29) is 10.5 Å². The maximum Gasteiger partial charge on any atom is 0.420 e. The van der Waals surface area contributed by atoms with Crippen LogP contribution in [-0.4, -0.2) is 13.4 Å². The number of sulfonamides is 1. The van der Waals surface area contributed by atoms with Crippen LogP contribution in [0.1, 0.15) is 36.0 Å². The number of hydrogen-bond donors (Lipinski definition) is 1. The van der Waals surface area contributed by atoms with Crippen molar-refractivity contribution in [3.8, 4) is 0 Å².